The van der Waals surface area contributed by atoms with E-state index in [0.29, 0.717) is 10.3 Å². The molecular formula is C14H11BrN2O2S. The van der Waals surface area contributed by atoms with E-state index in [1.165, 1.54) is 3.97 Å². The summed E-state index contributed by atoms with van der Waals surface area (Å²) in [6.45, 7) is 1.83. The van der Waals surface area contributed by atoms with Crippen LogP contribution >= 0.6 is 15.9 Å². The number of hydrogen-bond acceptors (Lipinski definition) is 3. The van der Waals surface area contributed by atoms with Gasteiger partial charge in [0.2, 0.25) is 0 Å². The second-order valence-corrected chi connectivity index (χ2v) is 7.01. The minimum atomic E-state index is -3.66. The Kier molecular flexibility index (Phi) is 3.14. The van der Waals surface area contributed by atoms with Crippen LogP contribution in [-0.2, 0) is 10.0 Å². The van der Waals surface area contributed by atoms with Crippen LogP contribution in [0.5, 0.6) is 0 Å². The van der Waals surface area contributed by atoms with Gasteiger partial charge in [0, 0.05) is 11.1 Å². The first-order chi connectivity index (χ1) is 9.50. The first-order valence-corrected chi connectivity index (χ1v) is 8.19. The number of nitrogens with zero attached hydrogens (tertiary/aromatic N) is 2. The number of fused-ring (bicyclic) bond motifs is 1. The van der Waals surface area contributed by atoms with Gasteiger partial charge in [0.15, 0.2) is 5.65 Å². The fourth-order valence-electron chi connectivity index (χ4n) is 2.04. The number of benzene rings is 1. The van der Waals surface area contributed by atoms with Gasteiger partial charge in [0.1, 0.15) is 4.60 Å². The number of aromatic nitrogens is 2. The minimum absolute atomic E-state index is 0.238. The van der Waals surface area contributed by atoms with E-state index in [-0.39, 0.29) is 4.90 Å². The van der Waals surface area contributed by atoms with Crippen LogP contribution in [0.2, 0.25) is 0 Å². The van der Waals surface area contributed by atoms with Crippen molar-refractivity contribution in [1.82, 2.24) is 8.96 Å². The molecule has 0 amide bonds. The van der Waals surface area contributed by atoms with Gasteiger partial charge in [-0.25, -0.2) is 17.4 Å². The molecule has 0 radical (unpaired) electrons. The number of halogens is 1. The maximum Gasteiger partial charge on any atom is 0.270 e. The molecule has 1 aromatic carbocycles. The van der Waals surface area contributed by atoms with Crippen LogP contribution in [0.15, 0.2) is 58.0 Å². The van der Waals surface area contributed by atoms with E-state index >= 15 is 0 Å². The Morgan fingerprint density at radius 2 is 1.80 bits per heavy atom. The molecule has 0 saturated carbocycles. The average molecular weight is 351 g/mol. The zero-order chi connectivity index (χ0) is 14.3. The summed E-state index contributed by atoms with van der Waals surface area (Å²) in [5.74, 6) is 0. The summed E-state index contributed by atoms with van der Waals surface area (Å²) in [5.41, 5.74) is 1.20. The van der Waals surface area contributed by atoms with Crippen molar-refractivity contribution in [2.24, 2.45) is 0 Å². The van der Waals surface area contributed by atoms with Gasteiger partial charge in [-0.05, 0) is 53.2 Å². The summed E-state index contributed by atoms with van der Waals surface area (Å²) < 4.78 is 27.2. The number of pyridine rings is 1. The molecule has 102 valence electrons. The third kappa shape index (κ3) is 2.05. The fraction of sp³-hybridized carbons (Fsp3) is 0.0714. The lowest BCUT2D eigenvalue weighted by Gasteiger charge is -2.08. The van der Waals surface area contributed by atoms with Crippen molar-refractivity contribution in [3.8, 4) is 0 Å². The number of rotatable bonds is 2. The van der Waals surface area contributed by atoms with Gasteiger partial charge in [-0.3, -0.25) is 0 Å². The molecule has 0 spiro atoms. The third-order valence-electron chi connectivity index (χ3n) is 2.99. The molecular weight excluding hydrogens is 340 g/mol. The van der Waals surface area contributed by atoms with Gasteiger partial charge in [-0.2, -0.15) is 0 Å². The average Bonchev–Trinajstić information content (AvgIpc) is 2.75. The van der Waals surface area contributed by atoms with Crippen LogP contribution in [0.4, 0.5) is 0 Å². The summed E-state index contributed by atoms with van der Waals surface area (Å²) >= 11 is 3.31. The molecule has 0 bridgehead atoms. The van der Waals surface area contributed by atoms with Crippen molar-refractivity contribution in [3.05, 3.63) is 58.8 Å². The lowest BCUT2D eigenvalue weighted by Crippen LogP contribution is -2.13. The SMILES string of the molecule is Cc1ccc2cc(Br)n(S(=O)(=O)c3ccccc3)c2n1. The normalized spacial score (nSPS) is 11.9. The highest BCUT2D eigenvalue weighted by atomic mass is 79.9. The van der Waals surface area contributed by atoms with Crippen molar-refractivity contribution in [2.45, 2.75) is 11.8 Å². The topological polar surface area (TPSA) is 52.0 Å². The monoisotopic (exact) mass is 350 g/mol. The van der Waals surface area contributed by atoms with E-state index in [1.54, 1.807) is 36.4 Å². The van der Waals surface area contributed by atoms with Gasteiger partial charge >= 0.3 is 0 Å². The summed E-state index contributed by atoms with van der Waals surface area (Å²) in [6, 6.07) is 13.8. The van der Waals surface area contributed by atoms with Crippen LogP contribution in [0.1, 0.15) is 5.69 Å². The van der Waals surface area contributed by atoms with Gasteiger partial charge in [-0.1, -0.05) is 18.2 Å². The van der Waals surface area contributed by atoms with Crippen LogP contribution < -0.4 is 0 Å². The largest absolute Gasteiger partial charge is 0.270 e. The van der Waals surface area contributed by atoms with Crippen LogP contribution in [-0.4, -0.2) is 17.4 Å². The molecule has 0 saturated heterocycles. The quantitative estimate of drug-likeness (QED) is 0.712. The molecule has 0 aliphatic rings. The number of hydrogen-bond donors (Lipinski definition) is 0. The smallest absolute Gasteiger partial charge is 0.234 e. The van der Waals surface area contributed by atoms with Gasteiger partial charge in [0.05, 0.1) is 4.90 Å². The molecule has 0 N–H and O–H groups in total. The summed E-state index contributed by atoms with van der Waals surface area (Å²) in [6.07, 6.45) is 0. The maximum atomic E-state index is 12.7. The van der Waals surface area contributed by atoms with E-state index in [1.807, 2.05) is 19.1 Å². The zero-order valence-corrected chi connectivity index (χ0v) is 13.0. The Morgan fingerprint density at radius 1 is 1.10 bits per heavy atom. The van der Waals surface area contributed by atoms with Crippen LogP contribution in [0.3, 0.4) is 0 Å². The second-order valence-electron chi connectivity index (χ2n) is 4.42. The standard InChI is InChI=1S/C14H11BrN2O2S/c1-10-7-8-11-9-13(15)17(14(11)16-10)20(18,19)12-5-3-2-4-6-12/h2-9H,1H3. The lowest BCUT2D eigenvalue weighted by atomic mass is 10.3. The van der Waals surface area contributed by atoms with Gasteiger partial charge in [-0.15, -0.1) is 0 Å². The van der Waals surface area contributed by atoms with Crippen molar-refractivity contribution in [1.29, 1.82) is 0 Å². The summed E-state index contributed by atoms with van der Waals surface area (Å²) in [7, 11) is -3.66. The van der Waals surface area contributed by atoms with E-state index in [2.05, 4.69) is 20.9 Å². The molecule has 3 rings (SSSR count). The molecule has 2 heterocycles. The van der Waals surface area contributed by atoms with E-state index < -0.39 is 10.0 Å². The molecule has 0 unspecified atom stereocenters. The third-order valence-corrected chi connectivity index (χ3v) is 5.52. The van der Waals surface area contributed by atoms with E-state index in [9.17, 15) is 8.42 Å². The lowest BCUT2D eigenvalue weighted by molar-refractivity contribution is 0.588. The Labute approximate surface area is 125 Å². The predicted octanol–water partition coefficient (Wildman–Crippen LogP) is 3.34. The summed E-state index contributed by atoms with van der Waals surface area (Å²) in [5, 5.41) is 0.780. The Hall–Kier alpha value is -1.66. The van der Waals surface area contributed by atoms with Crippen LogP contribution in [0.25, 0.3) is 11.0 Å². The van der Waals surface area contributed by atoms with Crippen molar-refractivity contribution in [3.63, 3.8) is 0 Å². The minimum Gasteiger partial charge on any atom is -0.234 e. The highest BCUT2D eigenvalue weighted by Crippen LogP contribution is 2.27. The number of aryl methyl sites for hydroxylation is 1. The zero-order valence-electron chi connectivity index (χ0n) is 10.6. The molecule has 0 fully saturated rings. The highest BCUT2D eigenvalue weighted by molar-refractivity contribution is 9.10. The first-order valence-electron chi connectivity index (χ1n) is 5.95. The molecule has 2 aromatic heterocycles. The molecule has 0 aliphatic heterocycles. The molecule has 20 heavy (non-hydrogen) atoms. The van der Waals surface area contributed by atoms with Crippen LogP contribution in [0, 0.1) is 6.92 Å². The molecule has 3 aromatic rings. The summed E-state index contributed by atoms with van der Waals surface area (Å²) in [4.78, 5) is 4.58. The predicted molar refractivity (Wildman–Crippen MR) is 81.2 cm³/mol. The Bertz CT molecular complexity index is 886. The van der Waals surface area contributed by atoms with Crippen molar-refractivity contribution < 1.29 is 8.42 Å². The van der Waals surface area contributed by atoms with E-state index in [4.69, 9.17) is 0 Å². The molecule has 0 aliphatic carbocycles. The second kappa shape index (κ2) is 4.71. The highest BCUT2D eigenvalue weighted by Gasteiger charge is 2.22. The van der Waals surface area contributed by atoms with Gasteiger partial charge < -0.3 is 0 Å². The molecule has 6 heteroatoms. The van der Waals surface area contributed by atoms with Gasteiger partial charge in [0.25, 0.3) is 10.0 Å². The van der Waals surface area contributed by atoms with Crippen molar-refractivity contribution >= 4 is 37.0 Å². The fourth-order valence-corrected chi connectivity index (χ4v) is 4.40. The molecule has 0 atom stereocenters. The first kappa shape index (κ1) is 13.3. The van der Waals surface area contributed by atoms with E-state index in [0.717, 1.165) is 11.1 Å². The van der Waals surface area contributed by atoms with Crippen molar-refractivity contribution in [2.75, 3.05) is 0 Å². The maximum absolute atomic E-state index is 12.7. The molecule has 4 nitrogen and oxygen atoms in total. The Balaban J connectivity index is 2.35. The Morgan fingerprint density at radius 3 is 2.50 bits per heavy atom.